The molecule has 5 aliphatic heterocycles. The van der Waals surface area contributed by atoms with Gasteiger partial charge in [0.15, 0.2) is 31.5 Å². The third kappa shape index (κ3) is 12.2. The van der Waals surface area contributed by atoms with E-state index in [2.05, 4.69) is 13.0 Å². The fourth-order valence-corrected chi connectivity index (χ4v) is 16.0. The van der Waals surface area contributed by atoms with E-state index in [0.717, 1.165) is 12.8 Å². The van der Waals surface area contributed by atoms with E-state index in [9.17, 15) is 35.1 Å². The molecule has 0 unspecified atom stereocenters. The molecule has 82 heavy (non-hydrogen) atoms. The molecular weight excluding hydrogens is 1070 g/mol. The Hall–Kier alpha value is -2.14. The molecule has 8 fully saturated rings. The van der Waals surface area contributed by atoms with Crippen molar-refractivity contribution < 1.29 is 106 Å². The minimum absolute atomic E-state index is 0.0308. The Balaban J connectivity index is 0.764. The summed E-state index contributed by atoms with van der Waals surface area (Å²) < 4.78 is 94.6. The number of aliphatic hydroxyl groups is 5. The van der Waals surface area contributed by atoms with Crippen molar-refractivity contribution in [3.05, 3.63) is 23.3 Å². The lowest BCUT2D eigenvalue weighted by Crippen LogP contribution is -2.66. The molecule has 3 saturated carbocycles. The Morgan fingerprint density at radius 1 is 0.634 bits per heavy atom. The van der Waals surface area contributed by atoms with Crippen LogP contribution in [-0.4, -0.2) is 219 Å². The number of allylic oxidation sites excluding steroid dienone is 2. The quantitative estimate of drug-likeness (QED) is 0.0735. The predicted molar refractivity (Wildman–Crippen MR) is 289 cm³/mol. The lowest BCUT2D eigenvalue weighted by Gasteiger charge is -2.63. The highest BCUT2D eigenvalue weighted by Gasteiger charge is 2.71. The van der Waals surface area contributed by atoms with E-state index in [1.807, 2.05) is 34.6 Å². The van der Waals surface area contributed by atoms with Gasteiger partial charge < -0.3 is 96.6 Å². The summed E-state index contributed by atoms with van der Waals surface area (Å²) in [6, 6.07) is 0. The molecule has 0 aromatic carbocycles. The Morgan fingerprint density at radius 2 is 1.11 bits per heavy atom. The van der Waals surface area contributed by atoms with Crippen molar-refractivity contribution in [2.45, 2.75) is 280 Å². The van der Waals surface area contributed by atoms with Gasteiger partial charge in [0, 0.05) is 71.0 Å². The molecule has 22 heteroatoms. The van der Waals surface area contributed by atoms with Gasteiger partial charge in [0.25, 0.3) is 0 Å². The van der Waals surface area contributed by atoms with Gasteiger partial charge in [0.2, 0.25) is 0 Å². The molecular formula is C60H96O22. The SMILES string of the molecule is C/C=C(\C)C(=O)O[C@@H]1C[C@H]2[C@@H](CC=C3C[C@@H](O[C@H]4C[C@H](OC)[C@H](O[C@H]5C[C@H](OC)[C@H](O[C@H]6C[C@@H](OC)[C@H](O[C@H]7C[C@@H](OC)[C@H](O[C@@H]8O[C@H](CO)[C@@H](O)[C@H](O)[C@H]8O)[C@@H](C)O7)[C@@H](C)O6)[C@@H](C)O5)[C@@H](C)O4)CC[C@@]32C)[C@@]2(O)CC[C@H](C(C)=O)[C@@]12C. The molecule has 0 radical (unpaired) electrons. The second kappa shape index (κ2) is 26.3. The molecule has 9 rings (SSSR count). The lowest BCUT2D eigenvalue weighted by molar-refractivity contribution is -0.358. The topological polar surface area (TPSA) is 274 Å². The minimum atomic E-state index is -1.60. The lowest BCUT2D eigenvalue weighted by atomic mass is 9.45. The van der Waals surface area contributed by atoms with Crippen LogP contribution in [0.3, 0.4) is 0 Å². The van der Waals surface area contributed by atoms with Gasteiger partial charge in [-0.3, -0.25) is 4.79 Å². The van der Waals surface area contributed by atoms with Crippen LogP contribution in [0.15, 0.2) is 23.3 Å². The molecule has 4 aliphatic carbocycles. The highest BCUT2D eigenvalue weighted by atomic mass is 16.8. The largest absolute Gasteiger partial charge is 0.458 e. The molecule has 5 N–H and O–H groups in total. The number of carbonyl (C=O) groups is 2. The fraction of sp³-hybridized carbons (Fsp3) is 0.900. The summed E-state index contributed by atoms with van der Waals surface area (Å²) in [5, 5.41) is 53.8. The summed E-state index contributed by atoms with van der Waals surface area (Å²) in [5.74, 6) is -0.795. The van der Waals surface area contributed by atoms with E-state index in [1.165, 1.54) is 12.7 Å². The normalized spacial score (nSPS) is 49.9. The zero-order valence-corrected chi connectivity index (χ0v) is 50.3. The number of aliphatic hydroxyl groups excluding tert-OH is 4. The summed E-state index contributed by atoms with van der Waals surface area (Å²) in [4.78, 5) is 26.6. The summed E-state index contributed by atoms with van der Waals surface area (Å²) in [6.07, 6.45) is -6.79. The molecule has 0 spiro atoms. The van der Waals surface area contributed by atoms with Gasteiger partial charge in [-0.1, -0.05) is 31.6 Å². The molecule has 9 aliphatic rings. The van der Waals surface area contributed by atoms with Crippen LogP contribution in [-0.2, 0) is 80.6 Å². The Labute approximate surface area is 483 Å². The van der Waals surface area contributed by atoms with E-state index >= 15 is 0 Å². The first-order chi connectivity index (χ1) is 39.0. The van der Waals surface area contributed by atoms with Crippen molar-refractivity contribution in [3.63, 3.8) is 0 Å². The van der Waals surface area contributed by atoms with Crippen LogP contribution in [0.2, 0.25) is 0 Å². The first kappa shape index (κ1) is 64.3. The average Bonchev–Trinajstić information content (AvgIpc) is 1.46. The van der Waals surface area contributed by atoms with Crippen LogP contribution < -0.4 is 0 Å². The molecule has 5 saturated heterocycles. The first-order valence-electron chi connectivity index (χ1n) is 30.0. The second-order valence-corrected chi connectivity index (χ2v) is 25.3. The maximum Gasteiger partial charge on any atom is 0.333 e. The number of hydrogen-bond acceptors (Lipinski definition) is 22. The monoisotopic (exact) mass is 1170 g/mol. The maximum atomic E-state index is 13.4. The molecule has 0 aromatic heterocycles. The summed E-state index contributed by atoms with van der Waals surface area (Å²) >= 11 is 0. The standard InChI is InChI=1S/C60H96O22/c1-14-28(2)56(66)78-44-22-38-37(60(67)20-18-36(29(3)62)59(44,60)9)16-15-34-21-35(17-19-58(34,38)8)76-45-23-39(68-10)52(30(4)72-45)79-46-24-40(69-11)53(31(5)73-46)80-47-25-41(70-12)54(32(6)74-47)81-48-26-42(71-13)55(33(7)75-48)82-57-51(65)50(64)49(63)43(27-61)77-57/h14-15,30-33,35-55,57,61,63-65,67H,16-27H2,1-13H3/b28-14+/t30-,31-,32-,33-,35+,36-,37-,38+,39+,40+,41-,42-,43-,44-,45+,46+,47+,48+,49-,50+,51-,52-,53-,54-,55-,57+,58+,59+,60+/m1/s1. The fourth-order valence-electron chi connectivity index (χ4n) is 16.0. The Kier molecular flexibility index (Phi) is 20.6. The number of methoxy groups -OCH3 is 4. The molecule has 22 nitrogen and oxygen atoms in total. The zero-order chi connectivity index (χ0) is 59.3. The van der Waals surface area contributed by atoms with Crippen molar-refractivity contribution >= 4 is 11.8 Å². The number of esters is 1. The van der Waals surface area contributed by atoms with Gasteiger partial charge in [0.1, 0.15) is 60.7 Å². The van der Waals surface area contributed by atoms with E-state index in [0.29, 0.717) is 56.9 Å². The van der Waals surface area contributed by atoms with Gasteiger partial charge in [-0.25, -0.2) is 4.79 Å². The second-order valence-electron chi connectivity index (χ2n) is 25.3. The van der Waals surface area contributed by atoms with Crippen molar-refractivity contribution in [3.8, 4) is 0 Å². The smallest absolute Gasteiger partial charge is 0.333 e. The highest BCUT2D eigenvalue weighted by molar-refractivity contribution is 5.88. The van der Waals surface area contributed by atoms with Gasteiger partial charge in [0.05, 0.1) is 67.1 Å². The van der Waals surface area contributed by atoms with Crippen LogP contribution in [0, 0.1) is 28.6 Å². The van der Waals surface area contributed by atoms with Gasteiger partial charge in [-0.15, -0.1) is 0 Å². The third-order valence-corrected chi connectivity index (χ3v) is 20.9. The predicted octanol–water partition coefficient (Wildman–Crippen LogP) is 4.08. The van der Waals surface area contributed by atoms with Gasteiger partial charge >= 0.3 is 5.97 Å². The van der Waals surface area contributed by atoms with Crippen LogP contribution in [0.1, 0.15) is 133 Å². The van der Waals surface area contributed by atoms with Crippen molar-refractivity contribution in [1.29, 1.82) is 0 Å². The number of rotatable bonds is 18. The zero-order valence-electron chi connectivity index (χ0n) is 50.3. The molecule has 0 bridgehead atoms. The van der Waals surface area contributed by atoms with Gasteiger partial charge in [-0.2, -0.15) is 0 Å². The van der Waals surface area contributed by atoms with E-state index in [-0.39, 0.29) is 41.7 Å². The minimum Gasteiger partial charge on any atom is -0.458 e. The number of ketones is 1. The van der Waals surface area contributed by atoms with Crippen LogP contribution in [0.4, 0.5) is 0 Å². The van der Waals surface area contributed by atoms with E-state index in [4.69, 9.17) is 71.1 Å². The maximum absolute atomic E-state index is 13.4. The van der Waals surface area contributed by atoms with Crippen molar-refractivity contribution in [2.75, 3.05) is 35.0 Å². The van der Waals surface area contributed by atoms with E-state index < -0.39 is 159 Å². The van der Waals surface area contributed by atoms with E-state index in [1.54, 1.807) is 48.2 Å². The third-order valence-electron chi connectivity index (χ3n) is 20.9. The number of ether oxygens (including phenoxy) is 15. The number of fused-ring (bicyclic) bond motifs is 5. The Bertz CT molecular complexity index is 2230. The Morgan fingerprint density at radius 3 is 1.56 bits per heavy atom. The molecule has 5 heterocycles. The summed E-state index contributed by atoms with van der Waals surface area (Å²) in [6.45, 7) is 16.4. The van der Waals surface area contributed by atoms with Crippen molar-refractivity contribution in [1.82, 2.24) is 0 Å². The number of carbonyl (C=O) groups excluding carboxylic acids is 2. The van der Waals surface area contributed by atoms with Crippen molar-refractivity contribution in [2.24, 2.45) is 28.6 Å². The number of Topliss-reactive ketones (excluding diaryl/α,β-unsaturated/α-hetero) is 1. The highest BCUT2D eigenvalue weighted by Crippen LogP contribution is 2.69. The van der Waals surface area contributed by atoms with Crippen LogP contribution in [0.5, 0.6) is 0 Å². The first-order valence-corrected chi connectivity index (χ1v) is 30.0. The van der Waals surface area contributed by atoms with Crippen LogP contribution in [0.25, 0.3) is 0 Å². The molecule has 29 atom stereocenters. The van der Waals surface area contributed by atoms with Crippen LogP contribution >= 0.6 is 0 Å². The summed E-state index contributed by atoms with van der Waals surface area (Å²) in [7, 11) is 6.43. The molecule has 468 valence electrons. The van der Waals surface area contributed by atoms with Gasteiger partial charge in [-0.05, 0) is 111 Å². The molecule has 0 aromatic rings. The number of hydrogen-bond donors (Lipinski definition) is 5. The molecule has 0 amide bonds. The summed E-state index contributed by atoms with van der Waals surface area (Å²) in [5.41, 5.74) is -0.516. The average molecular weight is 1170 g/mol.